The van der Waals surface area contributed by atoms with Crippen LogP contribution in [0.5, 0.6) is 5.75 Å². The van der Waals surface area contributed by atoms with Gasteiger partial charge in [-0.05, 0) is 68.2 Å². The number of ether oxygens (including phenoxy) is 1. The molecule has 0 aliphatic carbocycles. The smallest absolute Gasteiger partial charge is 0.260 e. The largest absolute Gasteiger partial charge is 0.484 e. The summed E-state index contributed by atoms with van der Waals surface area (Å²) in [7, 11) is 0. The molecule has 2 amide bonds. The van der Waals surface area contributed by atoms with E-state index in [0.29, 0.717) is 35.6 Å². The summed E-state index contributed by atoms with van der Waals surface area (Å²) < 4.78 is 18.5. The average molecular weight is 430 g/mol. The second-order valence-electron chi connectivity index (χ2n) is 9.68. The molecule has 6 nitrogen and oxygen atoms in total. The highest BCUT2D eigenvalue weighted by Crippen LogP contribution is 2.39. The predicted octanol–water partition coefficient (Wildman–Crippen LogP) is 2.53. The zero-order valence-corrected chi connectivity index (χ0v) is 18.0. The van der Waals surface area contributed by atoms with E-state index in [1.807, 2.05) is 4.90 Å². The topological polar surface area (TPSA) is 53.1 Å². The number of amides is 2. The Kier molecular flexibility index (Phi) is 5.87. The lowest BCUT2D eigenvalue weighted by molar-refractivity contribution is -0.146. The minimum absolute atomic E-state index is 0.00426. The molecule has 0 aromatic heterocycles. The lowest BCUT2D eigenvalue weighted by atomic mass is 9.75. The van der Waals surface area contributed by atoms with E-state index in [2.05, 4.69) is 9.80 Å². The van der Waals surface area contributed by atoms with Crippen LogP contribution in [0, 0.1) is 17.7 Å². The molecular formula is C24H32FN3O3. The molecule has 31 heavy (non-hydrogen) atoms. The lowest BCUT2D eigenvalue weighted by Crippen LogP contribution is -2.62. The molecule has 4 saturated heterocycles. The summed E-state index contributed by atoms with van der Waals surface area (Å²) >= 11 is 0. The number of hydrogen-bond donors (Lipinski definition) is 0. The van der Waals surface area contributed by atoms with Gasteiger partial charge in [0.05, 0.1) is 0 Å². The molecule has 7 heteroatoms. The summed E-state index contributed by atoms with van der Waals surface area (Å²) in [6, 6.07) is 6.74. The van der Waals surface area contributed by atoms with Crippen molar-refractivity contribution in [3.63, 3.8) is 0 Å². The van der Waals surface area contributed by atoms with Crippen LogP contribution in [0.25, 0.3) is 0 Å². The van der Waals surface area contributed by atoms with E-state index >= 15 is 0 Å². The number of piperidine rings is 4. The first kappa shape index (κ1) is 20.7. The normalized spacial score (nSPS) is 29.6. The molecule has 2 bridgehead atoms. The van der Waals surface area contributed by atoms with Crippen LogP contribution in [0.3, 0.4) is 0 Å². The van der Waals surface area contributed by atoms with Crippen molar-refractivity contribution in [1.29, 1.82) is 0 Å². The van der Waals surface area contributed by atoms with Crippen molar-refractivity contribution in [2.24, 2.45) is 11.8 Å². The van der Waals surface area contributed by atoms with Gasteiger partial charge in [-0.1, -0.05) is 0 Å². The van der Waals surface area contributed by atoms with E-state index < -0.39 is 0 Å². The van der Waals surface area contributed by atoms with Gasteiger partial charge in [0.25, 0.3) is 5.91 Å². The fourth-order valence-electron chi connectivity index (χ4n) is 6.19. The van der Waals surface area contributed by atoms with E-state index in [0.717, 1.165) is 64.8 Å². The minimum Gasteiger partial charge on any atom is -0.484 e. The van der Waals surface area contributed by atoms with Gasteiger partial charge in [0.15, 0.2) is 6.61 Å². The first-order valence-electron chi connectivity index (χ1n) is 11.8. The van der Waals surface area contributed by atoms with E-state index in [4.69, 9.17) is 4.74 Å². The average Bonchev–Trinajstić information content (AvgIpc) is 2.79. The lowest BCUT2D eigenvalue weighted by Gasteiger charge is -2.54. The fourth-order valence-corrected chi connectivity index (χ4v) is 6.19. The van der Waals surface area contributed by atoms with Crippen LogP contribution in [0.2, 0.25) is 0 Å². The number of likely N-dealkylation sites (tertiary alicyclic amines) is 2. The third-order valence-corrected chi connectivity index (χ3v) is 7.72. The van der Waals surface area contributed by atoms with Gasteiger partial charge >= 0.3 is 0 Å². The third-order valence-electron chi connectivity index (χ3n) is 7.72. The van der Waals surface area contributed by atoms with Crippen LogP contribution < -0.4 is 4.74 Å². The molecule has 0 spiro atoms. The van der Waals surface area contributed by atoms with E-state index in [1.54, 1.807) is 12.1 Å². The van der Waals surface area contributed by atoms with Crippen LogP contribution in [0.1, 0.15) is 38.5 Å². The first-order chi connectivity index (χ1) is 15.1. The number of carbonyl (C=O) groups is 2. The van der Waals surface area contributed by atoms with Crippen molar-refractivity contribution < 1.29 is 18.7 Å². The van der Waals surface area contributed by atoms with Crippen molar-refractivity contribution in [1.82, 2.24) is 14.7 Å². The highest BCUT2D eigenvalue weighted by Gasteiger charge is 2.45. The molecule has 3 atom stereocenters. The van der Waals surface area contributed by atoms with Crippen LogP contribution in [-0.4, -0.2) is 77.9 Å². The van der Waals surface area contributed by atoms with Gasteiger partial charge in [0, 0.05) is 51.2 Å². The monoisotopic (exact) mass is 429 g/mol. The van der Waals surface area contributed by atoms with Crippen molar-refractivity contribution in [3.8, 4) is 5.75 Å². The maximum Gasteiger partial charge on any atom is 0.260 e. The Bertz CT molecular complexity index is 809. The highest BCUT2D eigenvalue weighted by atomic mass is 19.1. The second-order valence-corrected chi connectivity index (χ2v) is 9.68. The molecule has 4 aliphatic rings. The van der Waals surface area contributed by atoms with Gasteiger partial charge in [-0.2, -0.15) is 0 Å². The number of carbonyl (C=O) groups excluding carboxylic acids is 2. The molecule has 0 unspecified atom stereocenters. The zero-order valence-electron chi connectivity index (χ0n) is 18.0. The maximum atomic E-state index is 13.0. The molecular weight excluding hydrogens is 397 g/mol. The summed E-state index contributed by atoms with van der Waals surface area (Å²) in [5.41, 5.74) is 0. The Morgan fingerprint density at radius 2 is 1.84 bits per heavy atom. The Labute approximate surface area is 183 Å². The number of halogens is 1. The van der Waals surface area contributed by atoms with Gasteiger partial charge in [-0.15, -0.1) is 0 Å². The third kappa shape index (κ3) is 4.43. The van der Waals surface area contributed by atoms with Crippen molar-refractivity contribution >= 4 is 11.8 Å². The van der Waals surface area contributed by atoms with Crippen LogP contribution in [0.15, 0.2) is 24.3 Å². The molecule has 4 fully saturated rings. The molecule has 1 aromatic rings. The number of hydrogen-bond acceptors (Lipinski definition) is 4. The van der Waals surface area contributed by atoms with Crippen LogP contribution >= 0.6 is 0 Å². The van der Waals surface area contributed by atoms with Gasteiger partial charge in [-0.25, -0.2) is 4.39 Å². The second kappa shape index (κ2) is 8.77. The molecule has 168 valence electrons. The van der Waals surface area contributed by atoms with E-state index in [-0.39, 0.29) is 18.3 Å². The standard InChI is InChI=1S/C24H32FN3O3/c25-19-4-6-21(7-5-19)31-16-24(30)26-10-8-20(9-11-26)27-13-17-12-18(15-27)22-2-1-3-23(29)28(22)14-17/h4-7,17-18,20,22H,1-3,8-16H2/t17-,18-,22-/m1/s1. The highest BCUT2D eigenvalue weighted by molar-refractivity contribution is 5.78. The van der Waals surface area contributed by atoms with Gasteiger partial charge in [0.2, 0.25) is 5.91 Å². The predicted molar refractivity (Wildman–Crippen MR) is 114 cm³/mol. The Morgan fingerprint density at radius 3 is 2.61 bits per heavy atom. The molecule has 4 heterocycles. The Hall–Kier alpha value is -2.15. The quantitative estimate of drug-likeness (QED) is 0.738. The van der Waals surface area contributed by atoms with Crippen molar-refractivity contribution in [2.75, 3.05) is 39.3 Å². The van der Waals surface area contributed by atoms with Crippen molar-refractivity contribution in [3.05, 3.63) is 30.1 Å². The molecule has 4 aliphatic heterocycles. The van der Waals surface area contributed by atoms with E-state index in [1.165, 1.54) is 18.6 Å². The first-order valence-corrected chi connectivity index (χ1v) is 11.8. The molecule has 1 aromatic carbocycles. The number of nitrogens with zero attached hydrogens (tertiary/aromatic N) is 3. The molecule has 0 saturated carbocycles. The molecule has 0 N–H and O–H groups in total. The molecule has 0 radical (unpaired) electrons. The Morgan fingerprint density at radius 1 is 1.06 bits per heavy atom. The number of fused-ring (bicyclic) bond motifs is 4. The summed E-state index contributed by atoms with van der Waals surface area (Å²) in [5.74, 6) is 1.77. The summed E-state index contributed by atoms with van der Waals surface area (Å²) in [4.78, 5) is 31.6. The van der Waals surface area contributed by atoms with Crippen molar-refractivity contribution in [2.45, 2.75) is 50.6 Å². The van der Waals surface area contributed by atoms with Gasteiger partial charge in [0.1, 0.15) is 11.6 Å². The van der Waals surface area contributed by atoms with Gasteiger partial charge in [-0.3, -0.25) is 14.5 Å². The number of benzene rings is 1. The fraction of sp³-hybridized carbons (Fsp3) is 0.667. The summed E-state index contributed by atoms with van der Waals surface area (Å²) in [6.07, 6.45) is 6.20. The Balaban J connectivity index is 1.11. The van der Waals surface area contributed by atoms with Crippen LogP contribution in [-0.2, 0) is 9.59 Å². The van der Waals surface area contributed by atoms with Gasteiger partial charge < -0.3 is 14.5 Å². The molecule has 5 rings (SSSR count). The van der Waals surface area contributed by atoms with E-state index in [9.17, 15) is 14.0 Å². The summed E-state index contributed by atoms with van der Waals surface area (Å²) in [5, 5.41) is 0. The number of rotatable bonds is 4. The maximum absolute atomic E-state index is 13.0. The minimum atomic E-state index is -0.314. The van der Waals surface area contributed by atoms with Crippen LogP contribution in [0.4, 0.5) is 4.39 Å². The SMILES string of the molecule is O=C(COc1ccc(F)cc1)N1CCC(N2C[C@H]3C[C@H](C2)[C@H]2CCCC(=O)N2C3)CC1. The summed E-state index contributed by atoms with van der Waals surface area (Å²) in [6.45, 7) is 4.63. The zero-order chi connectivity index (χ0) is 21.4.